The normalized spacial score (nSPS) is 15.4. The Balaban J connectivity index is 1.26. The van der Waals surface area contributed by atoms with E-state index in [1.165, 1.54) is 55.5 Å². The van der Waals surface area contributed by atoms with E-state index >= 15 is 0 Å². The lowest BCUT2D eigenvalue weighted by Gasteiger charge is -2.33. The first kappa shape index (κ1) is 38.5. The number of hydrogen-bond donors (Lipinski definition) is 3. The zero-order valence-corrected chi connectivity index (χ0v) is 34.0. The van der Waals surface area contributed by atoms with Gasteiger partial charge in [-0.2, -0.15) is 0 Å². The van der Waals surface area contributed by atoms with Gasteiger partial charge in [0.2, 0.25) is 0 Å². The first-order valence-electron chi connectivity index (χ1n) is 20.0. The molecule has 6 aromatic carbocycles. The first-order chi connectivity index (χ1) is 26.9. The van der Waals surface area contributed by atoms with Gasteiger partial charge in [0.25, 0.3) is 0 Å². The molecule has 0 spiro atoms. The van der Waals surface area contributed by atoms with Crippen molar-refractivity contribution in [3.05, 3.63) is 171 Å². The van der Waals surface area contributed by atoms with Crippen LogP contribution in [-0.4, -0.2) is 18.1 Å². The summed E-state index contributed by atoms with van der Waals surface area (Å²) in [5.41, 5.74) is 17.1. The number of nitrogens with one attached hydrogen (secondary N) is 3. The lowest BCUT2D eigenvalue weighted by atomic mass is 9.82. The molecule has 0 radical (unpaired) electrons. The molecule has 6 aromatic rings. The van der Waals surface area contributed by atoms with Crippen molar-refractivity contribution < 1.29 is 9.53 Å². The van der Waals surface area contributed by atoms with Gasteiger partial charge in [0, 0.05) is 45.3 Å². The minimum absolute atomic E-state index is 0.0262. The number of benzene rings is 6. The molecule has 286 valence electrons. The van der Waals surface area contributed by atoms with Crippen LogP contribution in [0, 0.1) is 41.5 Å². The Hall–Kier alpha value is -5.81. The second-order valence-corrected chi connectivity index (χ2v) is 16.0. The van der Waals surface area contributed by atoms with Crippen molar-refractivity contribution in [3.63, 3.8) is 0 Å². The summed E-state index contributed by atoms with van der Waals surface area (Å²) < 4.78 is 5.95. The highest BCUT2D eigenvalue weighted by atomic mass is 16.5. The van der Waals surface area contributed by atoms with Crippen LogP contribution in [0.15, 0.2) is 121 Å². The van der Waals surface area contributed by atoms with Crippen LogP contribution in [0.2, 0.25) is 0 Å². The Labute approximate surface area is 333 Å². The maximum atomic E-state index is 12.6. The quantitative estimate of drug-likeness (QED) is 0.0701. The third-order valence-electron chi connectivity index (χ3n) is 11.3. The molecule has 7 rings (SSSR count). The molecule has 1 aliphatic carbocycles. The third kappa shape index (κ3) is 8.38. The number of carbonyl (C=O) groups excluding carboxylic acids is 1. The molecule has 1 saturated carbocycles. The molecule has 5 nitrogen and oxygen atoms in total. The highest BCUT2D eigenvalue weighted by Gasteiger charge is 2.29. The number of rotatable bonds is 11. The Morgan fingerprint density at radius 1 is 0.643 bits per heavy atom. The number of carbonyl (C=O) groups is 1. The van der Waals surface area contributed by atoms with Crippen molar-refractivity contribution in [1.82, 2.24) is 0 Å². The average molecular weight is 742 g/mol. The predicted molar refractivity (Wildman–Crippen MR) is 236 cm³/mol. The average Bonchev–Trinajstić information content (AvgIpc) is 3.17. The van der Waals surface area contributed by atoms with Crippen molar-refractivity contribution in [2.75, 3.05) is 16.0 Å². The van der Waals surface area contributed by atoms with Crippen LogP contribution in [-0.2, 0) is 9.53 Å². The molecule has 0 saturated heterocycles. The van der Waals surface area contributed by atoms with Crippen molar-refractivity contribution in [1.29, 1.82) is 0 Å². The Bertz CT molecular complexity index is 2240. The molecule has 0 aliphatic heterocycles. The summed E-state index contributed by atoms with van der Waals surface area (Å²) >= 11 is 0. The largest absolute Gasteiger partial charge is 0.457 e. The van der Waals surface area contributed by atoms with Crippen molar-refractivity contribution in [2.45, 2.75) is 92.2 Å². The van der Waals surface area contributed by atoms with Gasteiger partial charge in [0.05, 0.1) is 6.04 Å². The minimum Gasteiger partial charge on any atom is -0.457 e. The van der Waals surface area contributed by atoms with Gasteiger partial charge in [-0.3, -0.25) is 0 Å². The molecular weight excluding hydrogens is 687 g/mol. The van der Waals surface area contributed by atoms with Gasteiger partial charge in [0.15, 0.2) is 0 Å². The zero-order chi connectivity index (χ0) is 39.5. The first-order valence-corrected chi connectivity index (χ1v) is 20.0. The number of esters is 1. The van der Waals surface area contributed by atoms with Gasteiger partial charge in [-0.25, -0.2) is 4.79 Å². The van der Waals surface area contributed by atoms with Crippen LogP contribution in [0.25, 0.3) is 10.8 Å². The van der Waals surface area contributed by atoms with E-state index in [0.717, 1.165) is 59.5 Å². The van der Waals surface area contributed by atoms with Gasteiger partial charge >= 0.3 is 5.97 Å². The van der Waals surface area contributed by atoms with E-state index in [1.807, 2.05) is 0 Å². The lowest BCUT2D eigenvalue weighted by Crippen LogP contribution is -2.40. The molecule has 2 unspecified atom stereocenters. The predicted octanol–water partition coefficient (Wildman–Crippen LogP) is 13.2. The van der Waals surface area contributed by atoms with E-state index < -0.39 is 0 Å². The van der Waals surface area contributed by atoms with Crippen molar-refractivity contribution in [3.8, 4) is 0 Å². The molecule has 0 amide bonds. The van der Waals surface area contributed by atoms with E-state index in [4.69, 9.17) is 4.74 Å². The van der Waals surface area contributed by atoms with Gasteiger partial charge in [-0.15, -0.1) is 0 Å². The molecule has 1 aliphatic rings. The number of anilines is 5. The maximum absolute atomic E-state index is 12.6. The number of ether oxygens (including phenoxy) is 1. The van der Waals surface area contributed by atoms with E-state index in [9.17, 15) is 4.79 Å². The van der Waals surface area contributed by atoms with Crippen LogP contribution in [0.5, 0.6) is 0 Å². The maximum Gasteiger partial charge on any atom is 0.333 e. The monoisotopic (exact) mass is 741 g/mol. The second-order valence-electron chi connectivity index (χ2n) is 16.0. The standard InChI is InChI=1S/C51H55N3O2/c1-31(2)51(55)56-47-16-12-11-15-46(47)54-45-26-25-44(42-13-9-10-14-43(42)45)48(38-17-21-40(22-18-38)52-49-34(5)27-32(3)28-35(49)6)39-19-23-41(24-20-39)53-50-36(7)29-33(4)30-37(50)8/h9-10,13-14,17-30,46-48,52-54H,1,11-12,15-16H2,2-8H3. The molecule has 0 aromatic heterocycles. The zero-order valence-electron chi connectivity index (χ0n) is 34.0. The topological polar surface area (TPSA) is 62.4 Å². The van der Waals surface area contributed by atoms with E-state index in [0.29, 0.717) is 5.57 Å². The Morgan fingerprint density at radius 3 is 1.62 bits per heavy atom. The summed E-state index contributed by atoms with van der Waals surface area (Å²) in [5, 5.41) is 13.6. The summed E-state index contributed by atoms with van der Waals surface area (Å²) in [6.45, 7) is 18.5. The van der Waals surface area contributed by atoms with Crippen LogP contribution >= 0.6 is 0 Å². The smallest absolute Gasteiger partial charge is 0.333 e. The summed E-state index contributed by atoms with van der Waals surface area (Å²) in [6.07, 6.45) is 3.73. The number of fused-ring (bicyclic) bond motifs is 1. The Morgan fingerprint density at radius 2 is 1.12 bits per heavy atom. The van der Waals surface area contributed by atoms with Gasteiger partial charge < -0.3 is 20.7 Å². The van der Waals surface area contributed by atoms with Gasteiger partial charge in [-0.1, -0.05) is 103 Å². The fourth-order valence-corrected chi connectivity index (χ4v) is 8.65. The molecule has 5 heteroatoms. The minimum atomic E-state index is -0.317. The van der Waals surface area contributed by atoms with Crippen molar-refractivity contribution >= 4 is 45.2 Å². The summed E-state index contributed by atoms with van der Waals surface area (Å²) in [7, 11) is 0. The van der Waals surface area contributed by atoms with Gasteiger partial charge in [-0.05, 0) is 142 Å². The fraction of sp³-hybridized carbons (Fsp3) is 0.275. The van der Waals surface area contributed by atoms with Gasteiger partial charge in [0.1, 0.15) is 6.10 Å². The van der Waals surface area contributed by atoms with E-state index in [2.05, 4.69) is 173 Å². The Kier molecular flexibility index (Phi) is 11.3. The molecule has 0 bridgehead atoms. The molecule has 1 fully saturated rings. The number of hydrogen-bond acceptors (Lipinski definition) is 5. The van der Waals surface area contributed by atoms with E-state index in [-0.39, 0.29) is 24.0 Å². The second kappa shape index (κ2) is 16.5. The van der Waals surface area contributed by atoms with Crippen LogP contribution in [0.4, 0.5) is 28.4 Å². The summed E-state index contributed by atoms with van der Waals surface area (Å²) in [5.74, 6) is -0.343. The van der Waals surface area contributed by atoms with Crippen LogP contribution < -0.4 is 16.0 Å². The van der Waals surface area contributed by atoms with Crippen LogP contribution in [0.3, 0.4) is 0 Å². The molecule has 56 heavy (non-hydrogen) atoms. The number of aryl methyl sites for hydroxylation is 6. The molecule has 0 heterocycles. The van der Waals surface area contributed by atoms with Crippen LogP contribution in [0.1, 0.15) is 88.6 Å². The molecule has 3 N–H and O–H groups in total. The molecular formula is C51H55N3O2. The SMILES string of the molecule is C=C(C)C(=O)OC1CCCCC1Nc1ccc(C(c2ccc(Nc3c(C)cc(C)cc3C)cc2)c2ccc(Nc3c(C)cc(C)cc3C)cc2)c2ccccc12. The van der Waals surface area contributed by atoms with Crippen molar-refractivity contribution in [2.24, 2.45) is 0 Å². The molecule has 2 atom stereocenters. The third-order valence-corrected chi connectivity index (χ3v) is 11.3. The summed E-state index contributed by atoms with van der Waals surface area (Å²) in [4.78, 5) is 12.6. The highest BCUT2D eigenvalue weighted by Crippen LogP contribution is 2.41. The van der Waals surface area contributed by atoms with E-state index in [1.54, 1.807) is 6.92 Å². The lowest BCUT2D eigenvalue weighted by molar-refractivity contribution is -0.146. The summed E-state index contributed by atoms with van der Waals surface area (Å²) in [6, 6.07) is 40.0. The fourth-order valence-electron chi connectivity index (χ4n) is 8.65. The highest BCUT2D eigenvalue weighted by molar-refractivity contribution is 5.97.